The van der Waals surface area contributed by atoms with Crippen LogP contribution in [0.4, 0.5) is 5.69 Å². The van der Waals surface area contributed by atoms with Gasteiger partial charge in [0.2, 0.25) is 0 Å². The highest BCUT2D eigenvalue weighted by atomic mass is 32.2. The molecular formula is C11H16N2OS. The number of pyridine rings is 1. The summed E-state index contributed by atoms with van der Waals surface area (Å²) < 4.78 is 5.56. The van der Waals surface area contributed by atoms with Crippen LogP contribution < -0.4 is 5.73 Å². The van der Waals surface area contributed by atoms with Crippen LogP contribution in [0.2, 0.25) is 0 Å². The Kier molecular flexibility index (Phi) is 3.86. The van der Waals surface area contributed by atoms with Crippen LogP contribution in [0.3, 0.4) is 0 Å². The van der Waals surface area contributed by atoms with E-state index in [4.69, 9.17) is 10.5 Å². The van der Waals surface area contributed by atoms with Crippen molar-refractivity contribution in [3.8, 4) is 0 Å². The predicted molar refractivity (Wildman–Crippen MR) is 63.0 cm³/mol. The van der Waals surface area contributed by atoms with Crippen LogP contribution in [0.15, 0.2) is 23.4 Å². The topological polar surface area (TPSA) is 48.1 Å². The van der Waals surface area contributed by atoms with Crippen LogP contribution in [0.1, 0.15) is 19.3 Å². The van der Waals surface area contributed by atoms with Gasteiger partial charge in [0.15, 0.2) is 0 Å². The number of nitrogens with zero attached hydrogens (tertiary/aromatic N) is 1. The summed E-state index contributed by atoms with van der Waals surface area (Å²) in [7, 11) is 0. The number of thioether (sulfide) groups is 1. The van der Waals surface area contributed by atoms with Gasteiger partial charge in [-0.2, -0.15) is 0 Å². The molecule has 1 aromatic rings. The Morgan fingerprint density at radius 1 is 1.60 bits per heavy atom. The van der Waals surface area contributed by atoms with Gasteiger partial charge in [-0.3, -0.25) is 0 Å². The van der Waals surface area contributed by atoms with E-state index in [-0.39, 0.29) is 0 Å². The predicted octanol–water partition coefficient (Wildman–Crippen LogP) is 2.33. The van der Waals surface area contributed by atoms with Crippen molar-refractivity contribution in [1.29, 1.82) is 0 Å². The van der Waals surface area contributed by atoms with Crippen LogP contribution in [0.25, 0.3) is 0 Å². The Morgan fingerprint density at radius 3 is 3.27 bits per heavy atom. The van der Waals surface area contributed by atoms with Crippen molar-refractivity contribution >= 4 is 17.4 Å². The summed E-state index contributed by atoms with van der Waals surface area (Å²) in [4.78, 5) is 4.24. The van der Waals surface area contributed by atoms with Crippen molar-refractivity contribution in [3.05, 3.63) is 18.3 Å². The molecule has 2 N–H and O–H groups in total. The Balaban J connectivity index is 1.75. The fraction of sp³-hybridized carbons (Fsp3) is 0.545. The first-order valence-corrected chi connectivity index (χ1v) is 6.30. The quantitative estimate of drug-likeness (QED) is 0.797. The van der Waals surface area contributed by atoms with E-state index in [0.29, 0.717) is 6.10 Å². The van der Waals surface area contributed by atoms with Crippen molar-refractivity contribution in [2.45, 2.75) is 30.4 Å². The van der Waals surface area contributed by atoms with Crippen LogP contribution in [-0.4, -0.2) is 23.4 Å². The van der Waals surface area contributed by atoms with E-state index in [1.54, 1.807) is 18.0 Å². The minimum absolute atomic E-state index is 0.461. The second-order valence-corrected chi connectivity index (χ2v) is 4.75. The highest BCUT2D eigenvalue weighted by Gasteiger charge is 2.15. The lowest BCUT2D eigenvalue weighted by molar-refractivity contribution is 0.109. The standard InChI is InChI=1S/C11H16N2OS/c12-10-4-1-6-13-11(10)15-8-5-9-3-2-7-14-9/h1,4,6,9H,2-3,5,7-8,12H2. The van der Waals surface area contributed by atoms with Crippen molar-refractivity contribution in [1.82, 2.24) is 4.98 Å². The van der Waals surface area contributed by atoms with Gasteiger partial charge >= 0.3 is 0 Å². The molecule has 1 aliphatic heterocycles. The smallest absolute Gasteiger partial charge is 0.119 e. The highest BCUT2D eigenvalue weighted by Crippen LogP contribution is 2.24. The lowest BCUT2D eigenvalue weighted by Gasteiger charge is -2.08. The lowest BCUT2D eigenvalue weighted by Crippen LogP contribution is -2.05. The first kappa shape index (κ1) is 10.8. The molecule has 0 aliphatic carbocycles. The van der Waals surface area contributed by atoms with Crippen molar-refractivity contribution in [2.24, 2.45) is 0 Å². The number of nitrogen functional groups attached to an aromatic ring is 1. The molecule has 3 nitrogen and oxygen atoms in total. The molecule has 0 saturated carbocycles. The number of hydrogen-bond donors (Lipinski definition) is 1. The Bertz CT molecular complexity index is 313. The summed E-state index contributed by atoms with van der Waals surface area (Å²) in [5.41, 5.74) is 6.57. The SMILES string of the molecule is Nc1cccnc1SCCC1CCCO1. The maximum absolute atomic E-state index is 5.80. The lowest BCUT2D eigenvalue weighted by atomic mass is 10.2. The molecule has 2 rings (SSSR count). The summed E-state index contributed by atoms with van der Waals surface area (Å²) in [6, 6.07) is 3.75. The van der Waals surface area contributed by atoms with Gasteiger partial charge in [0.05, 0.1) is 11.8 Å². The number of ether oxygens (including phenoxy) is 1. The molecule has 2 heterocycles. The minimum atomic E-state index is 0.461. The van der Waals surface area contributed by atoms with E-state index in [9.17, 15) is 0 Å². The zero-order chi connectivity index (χ0) is 10.5. The third kappa shape index (κ3) is 3.11. The second-order valence-electron chi connectivity index (χ2n) is 3.67. The molecule has 1 saturated heterocycles. The van der Waals surface area contributed by atoms with Crippen LogP contribution in [0, 0.1) is 0 Å². The molecule has 1 unspecified atom stereocenters. The van der Waals surface area contributed by atoms with E-state index in [2.05, 4.69) is 4.98 Å². The average Bonchev–Trinajstić information content (AvgIpc) is 2.74. The molecule has 0 spiro atoms. The monoisotopic (exact) mass is 224 g/mol. The van der Waals surface area contributed by atoms with E-state index in [1.165, 1.54) is 12.8 Å². The van der Waals surface area contributed by atoms with Crippen molar-refractivity contribution in [2.75, 3.05) is 18.1 Å². The molecule has 0 bridgehead atoms. The molecule has 1 atom stereocenters. The van der Waals surface area contributed by atoms with Crippen LogP contribution in [-0.2, 0) is 4.74 Å². The van der Waals surface area contributed by atoms with Gasteiger partial charge < -0.3 is 10.5 Å². The molecule has 4 heteroatoms. The van der Waals surface area contributed by atoms with Crippen LogP contribution >= 0.6 is 11.8 Å². The van der Waals surface area contributed by atoms with Gasteiger partial charge in [-0.05, 0) is 31.4 Å². The molecule has 0 amide bonds. The maximum Gasteiger partial charge on any atom is 0.119 e. The molecule has 1 aliphatic rings. The van der Waals surface area contributed by atoms with E-state index >= 15 is 0 Å². The number of aromatic nitrogens is 1. The summed E-state index contributed by atoms with van der Waals surface area (Å²) >= 11 is 1.72. The Labute approximate surface area is 94.4 Å². The minimum Gasteiger partial charge on any atom is -0.397 e. The molecule has 0 aromatic carbocycles. The van der Waals surface area contributed by atoms with Crippen molar-refractivity contribution in [3.63, 3.8) is 0 Å². The highest BCUT2D eigenvalue weighted by molar-refractivity contribution is 7.99. The average molecular weight is 224 g/mol. The first-order chi connectivity index (χ1) is 7.36. The third-order valence-electron chi connectivity index (χ3n) is 2.50. The summed E-state index contributed by atoms with van der Waals surface area (Å²) in [6.07, 6.45) is 5.76. The zero-order valence-electron chi connectivity index (χ0n) is 8.69. The molecule has 1 aromatic heterocycles. The number of hydrogen-bond acceptors (Lipinski definition) is 4. The summed E-state index contributed by atoms with van der Waals surface area (Å²) in [6.45, 7) is 0.932. The third-order valence-corrected chi connectivity index (χ3v) is 3.56. The normalized spacial score (nSPS) is 20.7. The maximum atomic E-state index is 5.80. The molecule has 82 valence electrons. The summed E-state index contributed by atoms with van der Waals surface area (Å²) in [5.74, 6) is 1.03. The van der Waals surface area contributed by atoms with Gasteiger partial charge in [-0.1, -0.05) is 0 Å². The van der Waals surface area contributed by atoms with Gasteiger partial charge in [-0.25, -0.2) is 4.98 Å². The molecule has 1 fully saturated rings. The number of rotatable bonds is 4. The summed E-state index contributed by atoms with van der Waals surface area (Å²) in [5, 5.41) is 0.940. The zero-order valence-corrected chi connectivity index (χ0v) is 9.50. The van der Waals surface area contributed by atoms with Crippen LogP contribution in [0.5, 0.6) is 0 Å². The van der Waals surface area contributed by atoms with Gasteiger partial charge in [0.1, 0.15) is 5.03 Å². The second kappa shape index (κ2) is 5.37. The van der Waals surface area contributed by atoms with E-state index < -0.39 is 0 Å². The fourth-order valence-electron chi connectivity index (χ4n) is 1.68. The van der Waals surface area contributed by atoms with Gasteiger partial charge in [-0.15, -0.1) is 11.8 Å². The van der Waals surface area contributed by atoms with Gasteiger partial charge in [0.25, 0.3) is 0 Å². The largest absolute Gasteiger partial charge is 0.397 e. The van der Waals surface area contributed by atoms with E-state index in [0.717, 1.165) is 29.5 Å². The fourth-order valence-corrected chi connectivity index (χ4v) is 2.63. The van der Waals surface area contributed by atoms with Gasteiger partial charge in [0, 0.05) is 18.6 Å². The first-order valence-electron chi connectivity index (χ1n) is 5.31. The number of nitrogens with two attached hydrogens (primary N) is 1. The molecule has 15 heavy (non-hydrogen) atoms. The van der Waals surface area contributed by atoms with E-state index in [1.807, 2.05) is 12.1 Å². The molecule has 0 radical (unpaired) electrons. The Hall–Kier alpha value is -0.740. The molecular weight excluding hydrogens is 208 g/mol. The van der Waals surface area contributed by atoms with Crippen molar-refractivity contribution < 1.29 is 4.74 Å². The number of anilines is 1. The Morgan fingerprint density at radius 2 is 2.53 bits per heavy atom.